The van der Waals surface area contributed by atoms with E-state index in [9.17, 15) is 0 Å². The van der Waals surface area contributed by atoms with Gasteiger partial charge in [-0.05, 0) is 24.6 Å². The minimum Gasteiger partial charge on any atom is -0.493 e. The van der Waals surface area contributed by atoms with Crippen LogP contribution >= 0.6 is 0 Å². The molecular weight excluding hydrogens is 254 g/mol. The highest BCUT2D eigenvalue weighted by atomic mass is 16.5. The van der Waals surface area contributed by atoms with Gasteiger partial charge in [-0.15, -0.1) is 0 Å². The Hall–Kier alpha value is -2.14. The van der Waals surface area contributed by atoms with Crippen LogP contribution < -0.4 is 10.1 Å². The first-order valence-corrected chi connectivity index (χ1v) is 6.75. The molecule has 5 nitrogen and oxygen atoms in total. The standard InChI is InChI=1S/C15H19N3O2/c1-2-11-20-13-6-4-3-5-12(13)15-17-8-7-14(18-15)16-9-10-19/h3-8,19H,2,9-11H2,1H3,(H,16,17,18). The molecule has 0 aliphatic rings. The minimum absolute atomic E-state index is 0.0650. The molecule has 0 radical (unpaired) electrons. The second-order valence-corrected chi connectivity index (χ2v) is 4.26. The molecule has 0 aliphatic carbocycles. The van der Waals surface area contributed by atoms with Gasteiger partial charge in [0.05, 0.1) is 18.8 Å². The van der Waals surface area contributed by atoms with E-state index in [2.05, 4.69) is 22.2 Å². The van der Waals surface area contributed by atoms with Gasteiger partial charge < -0.3 is 15.2 Å². The van der Waals surface area contributed by atoms with Crippen LogP contribution in [0.15, 0.2) is 36.5 Å². The van der Waals surface area contributed by atoms with Crippen LogP contribution in [-0.2, 0) is 0 Å². The number of aromatic nitrogens is 2. The van der Waals surface area contributed by atoms with Crippen LogP contribution in [0.3, 0.4) is 0 Å². The first kappa shape index (κ1) is 14.3. The second-order valence-electron chi connectivity index (χ2n) is 4.26. The number of aliphatic hydroxyl groups excluding tert-OH is 1. The maximum absolute atomic E-state index is 8.83. The lowest BCUT2D eigenvalue weighted by atomic mass is 10.2. The highest BCUT2D eigenvalue weighted by Crippen LogP contribution is 2.27. The van der Waals surface area contributed by atoms with Crippen molar-refractivity contribution in [2.45, 2.75) is 13.3 Å². The largest absolute Gasteiger partial charge is 0.493 e. The van der Waals surface area contributed by atoms with Crippen molar-refractivity contribution in [2.75, 3.05) is 25.1 Å². The molecule has 1 heterocycles. The van der Waals surface area contributed by atoms with E-state index >= 15 is 0 Å². The summed E-state index contributed by atoms with van der Waals surface area (Å²) in [6, 6.07) is 9.50. The van der Waals surface area contributed by atoms with Crippen molar-refractivity contribution in [3.8, 4) is 17.1 Å². The lowest BCUT2D eigenvalue weighted by Gasteiger charge is -2.10. The lowest BCUT2D eigenvalue weighted by molar-refractivity contribution is 0.311. The van der Waals surface area contributed by atoms with Crippen molar-refractivity contribution in [1.82, 2.24) is 9.97 Å². The van der Waals surface area contributed by atoms with Crippen LogP contribution in [0.25, 0.3) is 11.4 Å². The quantitative estimate of drug-likeness (QED) is 0.810. The monoisotopic (exact) mass is 273 g/mol. The van der Waals surface area contributed by atoms with Crippen LogP contribution in [-0.4, -0.2) is 34.8 Å². The topological polar surface area (TPSA) is 67.3 Å². The Balaban J connectivity index is 2.26. The van der Waals surface area contributed by atoms with Gasteiger partial charge in [0.15, 0.2) is 5.82 Å². The van der Waals surface area contributed by atoms with Crippen LogP contribution in [0.2, 0.25) is 0 Å². The maximum Gasteiger partial charge on any atom is 0.165 e. The van der Waals surface area contributed by atoms with Gasteiger partial charge >= 0.3 is 0 Å². The SMILES string of the molecule is CCCOc1ccccc1-c1nccc(NCCO)n1. The Morgan fingerprint density at radius 3 is 2.90 bits per heavy atom. The van der Waals surface area contributed by atoms with Gasteiger partial charge in [0, 0.05) is 12.7 Å². The Kier molecular flexibility index (Phi) is 5.32. The number of para-hydroxylation sites is 1. The van der Waals surface area contributed by atoms with Crippen molar-refractivity contribution in [3.63, 3.8) is 0 Å². The molecule has 5 heteroatoms. The smallest absolute Gasteiger partial charge is 0.165 e. The summed E-state index contributed by atoms with van der Waals surface area (Å²) in [4.78, 5) is 8.73. The molecule has 0 aliphatic heterocycles. The average molecular weight is 273 g/mol. The third kappa shape index (κ3) is 3.68. The zero-order valence-corrected chi connectivity index (χ0v) is 11.5. The molecular formula is C15H19N3O2. The average Bonchev–Trinajstić information content (AvgIpc) is 2.51. The van der Waals surface area contributed by atoms with Crippen LogP contribution in [0.4, 0.5) is 5.82 Å². The summed E-state index contributed by atoms with van der Waals surface area (Å²) < 4.78 is 5.72. The molecule has 2 rings (SSSR count). The number of nitrogens with zero attached hydrogens (tertiary/aromatic N) is 2. The Labute approximate surface area is 118 Å². The zero-order valence-electron chi connectivity index (χ0n) is 11.5. The normalized spacial score (nSPS) is 10.3. The number of hydrogen-bond donors (Lipinski definition) is 2. The summed E-state index contributed by atoms with van der Waals surface area (Å²) in [5.74, 6) is 2.09. The molecule has 20 heavy (non-hydrogen) atoms. The van der Waals surface area contributed by atoms with Crippen molar-refractivity contribution in [3.05, 3.63) is 36.5 Å². The fourth-order valence-electron chi connectivity index (χ4n) is 1.76. The predicted octanol–water partition coefficient (Wildman–Crippen LogP) is 2.34. The Bertz CT molecular complexity index is 546. The van der Waals surface area contributed by atoms with E-state index in [1.807, 2.05) is 24.3 Å². The highest BCUT2D eigenvalue weighted by Gasteiger charge is 2.09. The number of benzene rings is 1. The summed E-state index contributed by atoms with van der Waals surface area (Å²) in [5.41, 5.74) is 0.869. The number of rotatable bonds is 7. The predicted molar refractivity (Wildman–Crippen MR) is 78.8 cm³/mol. The molecule has 1 aromatic carbocycles. The molecule has 0 saturated heterocycles. The molecule has 0 fully saturated rings. The van der Waals surface area contributed by atoms with Gasteiger partial charge in [-0.3, -0.25) is 0 Å². The van der Waals surface area contributed by atoms with E-state index in [4.69, 9.17) is 9.84 Å². The third-order valence-electron chi connectivity index (χ3n) is 2.66. The maximum atomic E-state index is 8.83. The molecule has 2 N–H and O–H groups in total. The molecule has 1 aromatic heterocycles. The lowest BCUT2D eigenvalue weighted by Crippen LogP contribution is -2.07. The summed E-state index contributed by atoms with van der Waals surface area (Å²) in [6.45, 7) is 3.26. The van der Waals surface area contributed by atoms with Gasteiger partial charge in [0.2, 0.25) is 0 Å². The van der Waals surface area contributed by atoms with Crippen molar-refractivity contribution in [2.24, 2.45) is 0 Å². The van der Waals surface area contributed by atoms with E-state index in [1.54, 1.807) is 12.3 Å². The number of ether oxygens (including phenoxy) is 1. The fourth-order valence-corrected chi connectivity index (χ4v) is 1.76. The van der Waals surface area contributed by atoms with E-state index in [0.29, 0.717) is 24.8 Å². The van der Waals surface area contributed by atoms with E-state index in [-0.39, 0.29) is 6.61 Å². The van der Waals surface area contributed by atoms with Gasteiger partial charge in [-0.1, -0.05) is 19.1 Å². The van der Waals surface area contributed by atoms with E-state index in [1.165, 1.54) is 0 Å². The third-order valence-corrected chi connectivity index (χ3v) is 2.66. The molecule has 0 amide bonds. The number of anilines is 1. The van der Waals surface area contributed by atoms with Gasteiger partial charge in [0.1, 0.15) is 11.6 Å². The molecule has 0 spiro atoms. The second kappa shape index (κ2) is 7.45. The van der Waals surface area contributed by atoms with Crippen LogP contribution in [0.5, 0.6) is 5.75 Å². The molecule has 0 saturated carbocycles. The molecule has 0 unspecified atom stereocenters. The minimum atomic E-state index is 0.0650. The Morgan fingerprint density at radius 1 is 1.25 bits per heavy atom. The van der Waals surface area contributed by atoms with Crippen molar-refractivity contribution < 1.29 is 9.84 Å². The van der Waals surface area contributed by atoms with Gasteiger partial charge in [0.25, 0.3) is 0 Å². The molecule has 0 bridgehead atoms. The fraction of sp³-hybridized carbons (Fsp3) is 0.333. The number of hydrogen-bond acceptors (Lipinski definition) is 5. The number of nitrogens with one attached hydrogen (secondary N) is 1. The molecule has 106 valence electrons. The van der Waals surface area contributed by atoms with Crippen molar-refractivity contribution >= 4 is 5.82 Å². The molecule has 0 atom stereocenters. The zero-order chi connectivity index (χ0) is 14.2. The summed E-state index contributed by atoms with van der Waals surface area (Å²) in [6.07, 6.45) is 2.64. The van der Waals surface area contributed by atoms with E-state index in [0.717, 1.165) is 17.7 Å². The summed E-state index contributed by atoms with van der Waals surface area (Å²) >= 11 is 0. The van der Waals surface area contributed by atoms with Crippen LogP contribution in [0, 0.1) is 0 Å². The highest BCUT2D eigenvalue weighted by molar-refractivity contribution is 5.65. The van der Waals surface area contributed by atoms with Crippen LogP contribution in [0.1, 0.15) is 13.3 Å². The van der Waals surface area contributed by atoms with Crippen molar-refractivity contribution in [1.29, 1.82) is 0 Å². The summed E-state index contributed by atoms with van der Waals surface area (Å²) in [5, 5.41) is 11.9. The first-order valence-electron chi connectivity index (χ1n) is 6.75. The van der Waals surface area contributed by atoms with Gasteiger partial charge in [-0.2, -0.15) is 0 Å². The number of aliphatic hydroxyl groups is 1. The summed E-state index contributed by atoms with van der Waals surface area (Å²) in [7, 11) is 0. The van der Waals surface area contributed by atoms with Gasteiger partial charge in [-0.25, -0.2) is 9.97 Å². The molecule has 2 aromatic rings. The van der Waals surface area contributed by atoms with E-state index < -0.39 is 0 Å². The Morgan fingerprint density at radius 2 is 2.10 bits per heavy atom. The first-order chi connectivity index (χ1) is 9.85.